The molecule has 0 aromatic carbocycles. The number of aromatic amines is 2. The molecule has 7 nitrogen and oxygen atoms in total. The highest BCUT2D eigenvalue weighted by atomic mass is 16.2. The topological polar surface area (TPSA) is 98.5 Å². The highest BCUT2D eigenvalue weighted by Gasteiger charge is 2.14. The molecule has 0 saturated heterocycles. The minimum absolute atomic E-state index is 0.133. The standard InChI is InChI=1S/C17H22N6O/c24-17(20-8-11-4-2-1-3-5-11)21-10-14-22-13-9-19-16-12(6-7-18-16)15(13)23-14/h6-7,9,11H,1-5,8,10H2,(H,18,19)(H,22,23)(H2,20,21,24). The SMILES string of the molecule is O=C(NCc1nc2c(cnc3[nH]ccc32)[nH]1)NCC1CCCCC1. The molecule has 24 heavy (non-hydrogen) atoms. The van der Waals surface area contributed by atoms with Gasteiger partial charge in [0.2, 0.25) is 0 Å². The minimum Gasteiger partial charge on any atom is -0.346 e. The Morgan fingerprint density at radius 3 is 3.00 bits per heavy atom. The number of carbonyl (C=O) groups is 1. The molecule has 7 heteroatoms. The molecule has 3 aromatic rings. The van der Waals surface area contributed by atoms with E-state index in [1.165, 1.54) is 32.1 Å². The van der Waals surface area contributed by atoms with Crippen LogP contribution in [-0.4, -0.2) is 32.5 Å². The fraction of sp³-hybridized carbons (Fsp3) is 0.471. The maximum Gasteiger partial charge on any atom is 0.315 e. The molecule has 1 aliphatic rings. The van der Waals surface area contributed by atoms with Gasteiger partial charge in [0.15, 0.2) is 0 Å². The molecule has 1 saturated carbocycles. The second kappa shape index (κ2) is 6.51. The van der Waals surface area contributed by atoms with Crippen LogP contribution < -0.4 is 10.6 Å². The van der Waals surface area contributed by atoms with Crippen molar-refractivity contribution in [1.82, 2.24) is 30.6 Å². The number of hydrogen-bond acceptors (Lipinski definition) is 3. The normalized spacial score (nSPS) is 15.8. The van der Waals surface area contributed by atoms with Gasteiger partial charge in [-0.3, -0.25) is 0 Å². The van der Waals surface area contributed by atoms with Gasteiger partial charge in [0.25, 0.3) is 0 Å². The molecule has 4 N–H and O–H groups in total. The quantitative estimate of drug-likeness (QED) is 0.593. The molecule has 0 unspecified atom stereocenters. The van der Waals surface area contributed by atoms with Crippen LogP contribution in [0.3, 0.4) is 0 Å². The third-order valence-electron chi connectivity index (χ3n) is 4.78. The summed E-state index contributed by atoms with van der Waals surface area (Å²) in [4.78, 5) is 27.2. The predicted molar refractivity (Wildman–Crippen MR) is 92.6 cm³/mol. The molecule has 2 amide bonds. The fourth-order valence-electron chi connectivity index (χ4n) is 3.46. The Hall–Kier alpha value is -2.57. The van der Waals surface area contributed by atoms with E-state index in [1.807, 2.05) is 12.3 Å². The number of H-pyrrole nitrogens is 2. The number of nitrogens with one attached hydrogen (secondary N) is 4. The third-order valence-corrected chi connectivity index (χ3v) is 4.78. The van der Waals surface area contributed by atoms with Crippen LogP contribution in [0.4, 0.5) is 4.79 Å². The van der Waals surface area contributed by atoms with E-state index in [4.69, 9.17) is 0 Å². The number of carbonyl (C=O) groups excluding carboxylic acids is 1. The van der Waals surface area contributed by atoms with Gasteiger partial charge in [-0.15, -0.1) is 0 Å². The average Bonchev–Trinajstić information content (AvgIpc) is 3.24. The minimum atomic E-state index is -0.133. The zero-order valence-corrected chi connectivity index (χ0v) is 13.6. The van der Waals surface area contributed by atoms with E-state index in [1.54, 1.807) is 6.20 Å². The lowest BCUT2D eigenvalue weighted by atomic mass is 9.89. The van der Waals surface area contributed by atoms with Crippen LogP contribution in [-0.2, 0) is 6.54 Å². The van der Waals surface area contributed by atoms with Crippen molar-refractivity contribution in [2.24, 2.45) is 5.92 Å². The average molecular weight is 326 g/mol. The molecule has 0 spiro atoms. The number of aromatic nitrogens is 4. The zero-order chi connectivity index (χ0) is 16.4. The van der Waals surface area contributed by atoms with Crippen molar-refractivity contribution in [1.29, 1.82) is 0 Å². The second-order valence-electron chi connectivity index (χ2n) is 6.51. The molecule has 3 aromatic heterocycles. The molecular formula is C17H22N6O. The Kier molecular flexibility index (Phi) is 4.06. The number of fused-ring (bicyclic) bond motifs is 3. The highest BCUT2D eigenvalue weighted by Crippen LogP contribution is 2.23. The zero-order valence-electron chi connectivity index (χ0n) is 13.6. The molecule has 126 valence electrons. The van der Waals surface area contributed by atoms with Gasteiger partial charge < -0.3 is 20.6 Å². The molecule has 1 aliphatic carbocycles. The van der Waals surface area contributed by atoms with Crippen molar-refractivity contribution in [2.75, 3.05) is 6.54 Å². The number of hydrogen-bond donors (Lipinski definition) is 4. The van der Waals surface area contributed by atoms with Crippen LogP contribution in [0.25, 0.3) is 22.1 Å². The Morgan fingerprint density at radius 1 is 1.25 bits per heavy atom. The Morgan fingerprint density at radius 2 is 2.12 bits per heavy atom. The van der Waals surface area contributed by atoms with Crippen LogP contribution >= 0.6 is 0 Å². The Bertz CT molecular complexity index is 845. The Balaban J connectivity index is 1.35. The van der Waals surface area contributed by atoms with E-state index in [-0.39, 0.29) is 6.03 Å². The van der Waals surface area contributed by atoms with E-state index in [0.717, 1.165) is 34.4 Å². The van der Waals surface area contributed by atoms with Crippen molar-refractivity contribution in [3.8, 4) is 0 Å². The smallest absolute Gasteiger partial charge is 0.315 e. The van der Waals surface area contributed by atoms with E-state index < -0.39 is 0 Å². The summed E-state index contributed by atoms with van der Waals surface area (Å²) < 4.78 is 0. The second-order valence-corrected chi connectivity index (χ2v) is 6.51. The monoisotopic (exact) mass is 326 g/mol. The molecule has 4 rings (SSSR count). The summed E-state index contributed by atoms with van der Waals surface area (Å²) in [6, 6.07) is 1.82. The van der Waals surface area contributed by atoms with Crippen LogP contribution in [0.5, 0.6) is 0 Å². The van der Waals surface area contributed by atoms with Crippen molar-refractivity contribution in [2.45, 2.75) is 38.6 Å². The first-order valence-corrected chi connectivity index (χ1v) is 8.62. The highest BCUT2D eigenvalue weighted by molar-refractivity contribution is 6.00. The summed E-state index contributed by atoms with van der Waals surface area (Å²) in [5.41, 5.74) is 2.57. The van der Waals surface area contributed by atoms with Crippen LogP contribution in [0.15, 0.2) is 18.5 Å². The van der Waals surface area contributed by atoms with Gasteiger partial charge in [-0.2, -0.15) is 0 Å². The van der Waals surface area contributed by atoms with Crippen LogP contribution in [0.1, 0.15) is 37.9 Å². The molecular weight excluding hydrogens is 304 g/mol. The van der Waals surface area contributed by atoms with Gasteiger partial charge in [0.1, 0.15) is 17.0 Å². The third kappa shape index (κ3) is 3.06. The first-order valence-electron chi connectivity index (χ1n) is 8.62. The summed E-state index contributed by atoms with van der Waals surface area (Å²) >= 11 is 0. The van der Waals surface area contributed by atoms with Gasteiger partial charge in [0.05, 0.1) is 18.3 Å². The van der Waals surface area contributed by atoms with Crippen molar-refractivity contribution in [3.63, 3.8) is 0 Å². The van der Waals surface area contributed by atoms with Crippen LogP contribution in [0.2, 0.25) is 0 Å². The summed E-state index contributed by atoms with van der Waals surface area (Å²) in [6.07, 6.45) is 9.96. The molecule has 1 fully saturated rings. The number of urea groups is 1. The molecule has 3 heterocycles. The molecule has 0 aliphatic heterocycles. The van der Waals surface area contributed by atoms with E-state index in [9.17, 15) is 4.79 Å². The largest absolute Gasteiger partial charge is 0.346 e. The lowest BCUT2D eigenvalue weighted by Gasteiger charge is -2.21. The first kappa shape index (κ1) is 15.0. The molecule has 0 atom stereocenters. The van der Waals surface area contributed by atoms with E-state index in [0.29, 0.717) is 12.5 Å². The maximum atomic E-state index is 12.0. The lowest BCUT2D eigenvalue weighted by Crippen LogP contribution is -2.38. The van der Waals surface area contributed by atoms with Gasteiger partial charge in [0, 0.05) is 18.1 Å². The van der Waals surface area contributed by atoms with Crippen molar-refractivity contribution in [3.05, 3.63) is 24.3 Å². The van der Waals surface area contributed by atoms with Gasteiger partial charge in [-0.05, 0) is 24.8 Å². The van der Waals surface area contributed by atoms with Gasteiger partial charge in [-0.1, -0.05) is 19.3 Å². The summed E-state index contributed by atoms with van der Waals surface area (Å²) in [7, 11) is 0. The van der Waals surface area contributed by atoms with Crippen molar-refractivity contribution >= 4 is 28.1 Å². The lowest BCUT2D eigenvalue weighted by molar-refractivity contribution is 0.235. The van der Waals surface area contributed by atoms with Gasteiger partial charge >= 0.3 is 6.03 Å². The van der Waals surface area contributed by atoms with E-state index >= 15 is 0 Å². The number of imidazole rings is 1. The maximum absolute atomic E-state index is 12.0. The summed E-state index contributed by atoms with van der Waals surface area (Å²) in [5, 5.41) is 6.83. The van der Waals surface area contributed by atoms with Crippen LogP contribution in [0, 0.1) is 5.92 Å². The Labute approximate surface area is 139 Å². The number of rotatable bonds is 4. The summed E-state index contributed by atoms with van der Waals surface area (Å²) in [5.74, 6) is 1.36. The number of nitrogens with zero attached hydrogens (tertiary/aromatic N) is 2. The molecule has 0 radical (unpaired) electrons. The van der Waals surface area contributed by atoms with E-state index in [2.05, 4.69) is 30.6 Å². The number of pyridine rings is 1. The molecule has 0 bridgehead atoms. The van der Waals surface area contributed by atoms with Crippen molar-refractivity contribution < 1.29 is 4.79 Å². The fourth-order valence-corrected chi connectivity index (χ4v) is 3.46. The summed E-state index contributed by atoms with van der Waals surface area (Å²) in [6.45, 7) is 1.14. The number of amides is 2. The van der Waals surface area contributed by atoms with Gasteiger partial charge in [-0.25, -0.2) is 14.8 Å². The first-order chi connectivity index (χ1) is 11.8. The predicted octanol–water partition coefficient (Wildman–Crippen LogP) is 2.82.